The van der Waals surface area contributed by atoms with Gasteiger partial charge in [0.15, 0.2) is 0 Å². The zero-order valence-electron chi connectivity index (χ0n) is 12.7. The van der Waals surface area contributed by atoms with Crippen LogP contribution in [0.15, 0.2) is 64.0 Å². The second kappa shape index (κ2) is 4.91. The molecular formula is C20H20Hf. The number of fused-ring (bicyclic) bond motifs is 3. The van der Waals surface area contributed by atoms with Crippen molar-refractivity contribution in [2.24, 2.45) is 0 Å². The molecule has 0 aliphatic heterocycles. The molecule has 2 aliphatic rings. The molecule has 0 aromatic heterocycles. The second-order valence-corrected chi connectivity index (χ2v) is 22.5. The van der Waals surface area contributed by atoms with E-state index in [0.717, 1.165) is 6.42 Å². The van der Waals surface area contributed by atoms with Crippen LogP contribution in [0.3, 0.4) is 0 Å². The van der Waals surface area contributed by atoms with Crippen LogP contribution in [-0.2, 0) is 26.4 Å². The van der Waals surface area contributed by atoms with Gasteiger partial charge in [0.1, 0.15) is 0 Å². The summed E-state index contributed by atoms with van der Waals surface area (Å²) >= 11 is -2.53. The van der Waals surface area contributed by atoms with Crippen LogP contribution in [0.1, 0.15) is 17.5 Å². The average Bonchev–Trinajstić information content (AvgIpc) is 3.14. The summed E-state index contributed by atoms with van der Waals surface area (Å²) in [6.07, 6.45) is 9.27. The van der Waals surface area contributed by atoms with E-state index in [-0.39, 0.29) is 0 Å². The van der Waals surface area contributed by atoms with Crippen molar-refractivity contribution in [2.75, 3.05) is 0 Å². The van der Waals surface area contributed by atoms with E-state index in [9.17, 15) is 0 Å². The van der Waals surface area contributed by atoms with Gasteiger partial charge in [-0.2, -0.15) is 0 Å². The molecular weight excluding hydrogens is 419 g/mol. The molecule has 0 atom stereocenters. The zero-order chi connectivity index (χ0) is 14.4. The summed E-state index contributed by atoms with van der Waals surface area (Å²) < 4.78 is 8.63. The van der Waals surface area contributed by atoms with Gasteiger partial charge in [-0.1, -0.05) is 0 Å². The molecule has 21 heavy (non-hydrogen) atoms. The Balaban J connectivity index is 1.87. The molecule has 0 fully saturated rings. The summed E-state index contributed by atoms with van der Waals surface area (Å²) in [5, 5.41) is 0. The maximum absolute atomic E-state index is 2.59. The molecule has 4 rings (SSSR count). The molecule has 2 aliphatic carbocycles. The Labute approximate surface area is 131 Å². The van der Waals surface area contributed by atoms with Gasteiger partial charge in [0, 0.05) is 0 Å². The van der Waals surface area contributed by atoms with Gasteiger partial charge in [0.25, 0.3) is 0 Å². The molecule has 0 spiro atoms. The van der Waals surface area contributed by atoms with Crippen molar-refractivity contribution in [3.63, 3.8) is 0 Å². The monoisotopic (exact) mass is 440 g/mol. The molecule has 2 aromatic rings. The predicted molar refractivity (Wildman–Crippen MR) is 87.9 cm³/mol. The molecule has 2 aromatic carbocycles. The molecule has 0 amide bonds. The van der Waals surface area contributed by atoms with Crippen molar-refractivity contribution in [3.05, 3.63) is 75.1 Å². The Morgan fingerprint density at radius 2 is 1.71 bits per heavy atom. The summed E-state index contributed by atoms with van der Waals surface area (Å²) in [6.45, 7) is 0. The first-order chi connectivity index (χ1) is 10.2. The number of benzene rings is 2. The Hall–Kier alpha value is -1.21. The van der Waals surface area contributed by atoms with Gasteiger partial charge in [-0.05, 0) is 0 Å². The van der Waals surface area contributed by atoms with E-state index in [4.69, 9.17) is 0 Å². The van der Waals surface area contributed by atoms with Crippen LogP contribution in [0.25, 0.3) is 11.1 Å². The minimum atomic E-state index is -2.53. The normalized spacial score (nSPS) is 15.8. The van der Waals surface area contributed by atoms with E-state index in [2.05, 4.69) is 70.1 Å². The van der Waals surface area contributed by atoms with E-state index in [1.54, 1.807) is 12.2 Å². The van der Waals surface area contributed by atoms with E-state index in [0.29, 0.717) is 0 Å². The van der Waals surface area contributed by atoms with Crippen LogP contribution < -0.4 is 3.32 Å². The fourth-order valence-electron chi connectivity index (χ4n) is 3.83. The van der Waals surface area contributed by atoms with E-state index in [1.807, 2.05) is 0 Å². The molecule has 104 valence electrons. The van der Waals surface area contributed by atoms with Crippen molar-refractivity contribution >= 4 is 3.32 Å². The quantitative estimate of drug-likeness (QED) is 0.495. The third kappa shape index (κ3) is 2.05. The average molecular weight is 439 g/mol. The van der Waals surface area contributed by atoms with E-state index < -0.39 is 20.0 Å². The first-order valence-electron chi connectivity index (χ1n) is 7.75. The first kappa shape index (κ1) is 13.5. The van der Waals surface area contributed by atoms with Crippen LogP contribution in [0.4, 0.5) is 0 Å². The fraction of sp³-hybridized carbons (Fsp3) is 0.200. The van der Waals surface area contributed by atoms with Crippen LogP contribution in [0.5, 0.6) is 0 Å². The molecule has 0 radical (unpaired) electrons. The van der Waals surface area contributed by atoms with Gasteiger partial charge in [-0.15, -0.1) is 0 Å². The van der Waals surface area contributed by atoms with Crippen LogP contribution in [-0.4, -0.2) is 0 Å². The summed E-state index contributed by atoms with van der Waals surface area (Å²) in [5.74, 6) is 0. The SMILES string of the molecule is [CH3][Hf]([CH3])([C]1=CC=CC1)[c]1cccc2c1Cc1ccccc1-2. The minimum absolute atomic E-state index is 1.13. The second-order valence-electron chi connectivity index (χ2n) is 6.61. The van der Waals surface area contributed by atoms with E-state index >= 15 is 0 Å². The zero-order valence-corrected chi connectivity index (χ0v) is 16.3. The first-order valence-corrected chi connectivity index (χ1v) is 18.5. The molecule has 0 N–H and O–H groups in total. The van der Waals surface area contributed by atoms with Gasteiger partial charge in [0.2, 0.25) is 0 Å². The van der Waals surface area contributed by atoms with Crippen molar-refractivity contribution in [1.82, 2.24) is 0 Å². The van der Waals surface area contributed by atoms with Crippen molar-refractivity contribution in [2.45, 2.75) is 22.2 Å². The summed E-state index contributed by atoms with van der Waals surface area (Å²) in [5.41, 5.74) is 6.07. The van der Waals surface area contributed by atoms with Crippen LogP contribution >= 0.6 is 0 Å². The summed E-state index contributed by atoms with van der Waals surface area (Å²) in [6, 6.07) is 15.9. The standard InChI is InChI=1S/C13H9.C5H5.2CH3.Hf/c1-3-7-12-10(5-1)9-11-6-2-4-8-13(11)12;1-2-4-5-3-1;;;/h1-5,7-8H,9H2;1-3H,4H2;2*1H3;. The Kier molecular flexibility index (Phi) is 3.15. The number of hydrogen-bond acceptors (Lipinski definition) is 0. The number of hydrogen-bond donors (Lipinski definition) is 0. The van der Waals surface area contributed by atoms with Crippen LogP contribution in [0.2, 0.25) is 9.36 Å². The number of allylic oxidation sites excluding steroid dienone is 4. The molecule has 0 saturated carbocycles. The van der Waals surface area contributed by atoms with Gasteiger partial charge < -0.3 is 0 Å². The maximum atomic E-state index is 2.59. The van der Waals surface area contributed by atoms with Crippen molar-refractivity contribution < 1.29 is 20.0 Å². The van der Waals surface area contributed by atoms with Gasteiger partial charge >= 0.3 is 132 Å². The third-order valence-electron chi connectivity index (χ3n) is 5.10. The Morgan fingerprint density at radius 1 is 0.905 bits per heavy atom. The van der Waals surface area contributed by atoms with Gasteiger partial charge in [-0.3, -0.25) is 0 Å². The Morgan fingerprint density at radius 3 is 2.52 bits per heavy atom. The van der Waals surface area contributed by atoms with Crippen molar-refractivity contribution in [1.29, 1.82) is 0 Å². The third-order valence-corrected chi connectivity index (χ3v) is 18.7. The van der Waals surface area contributed by atoms with Crippen molar-refractivity contribution in [3.8, 4) is 11.1 Å². The summed E-state index contributed by atoms with van der Waals surface area (Å²) in [4.78, 5) is 0. The molecule has 0 saturated heterocycles. The molecule has 0 nitrogen and oxygen atoms in total. The topological polar surface area (TPSA) is 0 Å². The van der Waals surface area contributed by atoms with Crippen LogP contribution in [0, 0.1) is 0 Å². The van der Waals surface area contributed by atoms with E-state index in [1.165, 1.54) is 23.1 Å². The molecule has 0 bridgehead atoms. The summed E-state index contributed by atoms with van der Waals surface area (Å²) in [7, 11) is 0. The fourth-order valence-corrected chi connectivity index (χ4v) is 14.5. The predicted octanol–water partition coefficient (Wildman–Crippen LogP) is 4.98. The molecule has 0 unspecified atom stereocenters. The Bertz CT molecular complexity index is 778. The number of rotatable bonds is 2. The molecule has 1 heteroatoms. The van der Waals surface area contributed by atoms with Gasteiger partial charge in [-0.25, -0.2) is 0 Å². The molecule has 0 heterocycles. The van der Waals surface area contributed by atoms with Gasteiger partial charge in [0.05, 0.1) is 0 Å².